The number of carboxylic acid groups (broad SMARTS) is 1. The molecular formula is C6H9ClO3. The molecule has 1 atom stereocenters. The lowest BCUT2D eigenvalue weighted by atomic mass is 9.91. The molecule has 0 aromatic carbocycles. The lowest BCUT2D eigenvalue weighted by molar-refractivity contribution is -0.140. The Labute approximate surface area is 64.0 Å². The molecular weight excluding hydrogens is 156 g/mol. The topological polar surface area (TPSA) is 54.4 Å². The van der Waals surface area contributed by atoms with Gasteiger partial charge in [0, 0.05) is 5.41 Å². The van der Waals surface area contributed by atoms with Gasteiger partial charge in [-0.1, -0.05) is 13.8 Å². The molecule has 4 heteroatoms. The summed E-state index contributed by atoms with van der Waals surface area (Å²) in [6, 6.07) is 0. The highest BCUT2D eigenvalue weighted by Gasteiger charge is 2.32. The van der Waals surface area contributed by atoms with Crippen molar-refractivity contribution < 1.29 is 14.7 Å². The number of carbonyl (C=O) groups is 2. The van der Waals surface area contributed by atoms with E-state index in [4.69, 9.17) is 16.7 Å². The van der Waals surface area contributed by atoms with E-state index >= 15 is 0 Å². The van der Waals surface area contributed by atoms with E-state index in [-0.39, 0.29) is 0 Å². The van der Waals surface area contributed by atoms with E-state index < -0.39 is 16.8 Å². The van der Waals surface area contributed by atoms with Crippen molar-refractivity contribution in [2.75, 3.05) is 0 Å². The monoisotopic (exact) mass is 164 g/mol. The van der Waals surface area contributed by atoms with Crippen molar-refractivity contribution in [3.05, 3.63) is 0 Å². The van der Waals surface area contributed by atoms with Gasteiger partial charge < -0.3 is 9.90 Å². The van der Waals surface area contributed by atoms with Crippen LogP contribution in [0, 0.1) is 5.41 Å². The molecule has 0 radical (unpaired) electrons. The van der Waals surface area contributed by atoms with Crippen LogP contribution in [0.15, 0.2) is 0 Å². The fourth-order valence-corrected chi connectivity index (χ4v) is 0.429. The number of rotatable bonds is 3. The molecule has 0 spiro atoms. The first-order chi connectivity index (χ1) is 4.41. The highest BCUT2D eigenvalue weighted by atomic mass is 35.5. The minimum Gasteiger partial charge on any atom is -0.480 e. The first kappa shape index (κ1) is 9.43. The Hall–Kier alpha value is -0.570. The molecule has 0 aliphatic rings. The van der Waals surface area contributed by atoms with Gasteiger partial charge in [-0.2, -0.15) is 0 Å². The van der Waals surface area contributed by atoms with Crippen molar-refractivity contribution in [3.63, 3.8) is 0 Å². The van der Waals surface area contributed by atoms with Gasteiger partial charge in [-0.3, -0.25) is 4.79 Å². The Bertz CT molecular complexity index is 153. The molecule has 0 aromatic rings. The fourth-order valence-electron chi connectivity index (χ4n) is 0.378. The first-order valence-corrected chi connectivity index (χ1v) is 3.18. The van der Waals surface area contributed by atoms with E-state index in [9.17, 15) is 9.59 Å². The summed E-state index contributed by atoms with van der Waals surface area (Å²) in [5.74, 6) is -1.17. The van der Waals surface area contributed by atoms with Gasteiger partial charge >= 0.3 is 5.97 Å². The van der Waals surface area contributed by atoms with Crippen molar-refractivity contribution >= 4 is 23.9 Å². The summed E-state index contributed by atoms with van der Waals surface area (Å²) in [5, 5.41) is 7.21. The number of halogens is 1. The molecule has 1 unspecified atom stereocenters. The van der Waals surface area contributed by atoms with E-state index in [1.165, 1.54) is 13.8 Å². The molecule has 3 nitrogen and oxygen atoms in total. The maximum Gasteiger partial charge on any atom is 0.322 e. The smallest absolute Gasteiger partial charge is 0.322 e. The molecule has 0 saturated heterocycles. The Morgan fingerprint density at radius 2 is 2.10 bits per heavy atom. The Morgan fingerprint density at radius 3 is 2.20 bits per heavy atom. The van der Waals surface area contributed by atoms with Crippen LogP contribution < -0.4 is 0 Å². The normalized spacial score (nSPS) is 14.3. The Kier molecular flexibility index (Phi) is 2.84. The molecule has 0 fully saturated rings. The van der Waals surface area contributed by atoms with Crippen LogP contribution in [0.2, 0.25) is 0 Å². The number of carboxylic acids is 1. The number of hydrogen-bond acceptors (Lipinski definition) is 2. The van der Waals surface area contributed by atoms with Gasteiger partial charge in [-0.15, -0.1) is 11.6 Å². The van der Waals surface area contributed by atoms with Crippen molar-refractivity contribution in [1.29, 1.82) is 0 Å². The largest absolute Gasteiger partial charge is 0.480 e. The van der Waals surface area contributed by atoms with Crippen molar-refractivity contribution in [1.82, 2.24) is 0 Å². The minimum absolute atomic E-state index is 0.540. The molecule has 1 N–H and O–H groups in total. The maximum absolute atomic E-state index is 10.2. The van der Waals surface area contributed by atoms with E-state index in [0.717, 1.165) is 0 Å². The third-order valence-corrected chi connectivity index (χ3v) is 1.92. The van der Waals surface area contributed by atoms with Crippen LogP contribution in [0.25, 0.3) is 0 Å². The highest BCUT2D eigenvalue weighted by Crippen LogP contribution is 2.22. The zero-order chi connectivity index (χ0) is 8.36. The number of carbonyl (C=O) groups excluding carboxylic acids is 1. The maximum atomic E-state index is 10.2. The minimum atomic E-state index is -1.17. The molecule has 0 aromatic heterocycles. The summed E-state index contributed by atoms with van der Waals surface area (Å²) >= 11 is 5.38. The number of alkyl halides is 1. The van der Waals surface area contributed by atoms with E-state index in [1.807, 2.05) is 0 Å². The molecule has 58 valence electrons. The van der Waals surface area contributed by atoms with Crippen LogP contribution in [0.4, 0.5) is 0 Å². The zero-order valence-corrected chi connectivity index (χ0v) is 6.55. The first-order valence-electron chi connectivity index (χ1n) is 2.75. The average molecular weight is 165 g/mol. The van der Waals surface area contributed by atoms with Gasteiger partial charge in [0.05, 0.1) is 0 Å². The second-order valence-corrected chi connectivity index (χ2v) is 3.08. The number of aliphatic carboxylic acids is 1. The van der Waals surface area contributed by atoms with Crippen LogP contribution in [0.3, 0.4) is 0 Å². The van der Waals surface area contributed by atoms with Crippen LogP contribution >= 0.6 is 11.6 Å². The third kappa shape index (κ3) is 1.99. The predicted molar refractivity (Wildman–Crippen MR) is 37.1 cm³/mol. The van der Waals surface area contributed by atoms with Crippen molar-refractivity contribution in [2.24, 2.45) is 5.41 Å². The SMILES string of the molecule is CC(C)(C=O)C(Cl)C(=O)O. The molecule has 10 heavy (non-hydrogen) atoms. The second-order valence-electron chi connectivity index (χ2n) is 2.64. The molecule has 0 heterocycles. The van der Waals surface area contributed by atoms with E-state index in [0.29, 0.717) is 6.29 Å². The molecule has 0 aliphatic carbocycles. The number of aldehydes is 1. The lowest BCUT2D eigenvalue weighted by Crippen LogP contribution is -2.32. The zero-order valence-electron chi connectivity index (χ0n) is 5.80. The van der Waals surface area contributed by atoms with Crippen LogP contribution in [-0.2, 0) is 9.59 Å². The van der Waals surface area contributed by atoms with E-state index in [1.54, 1.807) is 0 Å². The summed E-state index contributed by atoms with van der Waals surface area (Å²) < 4.78 is 0. The number of hydrogen-bond donors (Lipinski definition) is 1. The third-order valence-electron chi connectivity index (χ3n) is 1.17. The van der Waals surface area contributed by atoms with Crippen LogP contribution in [0.5, 0.6) is 0 Å². The van der Waals surface area contributed by atoms with Gasteiger partial charge in [0.15, 0.2) is 0 Å². The Balaban J connectivity index is 4.31. The van der Waals surface area contributed by atoms with Crippen LogP contribution in [0.1, 0.15) is 13.8 Å². The molecule has 0 bridgehead atoms. The van der Waals surface area contributed by atoms with Gasteiger partial charge in [-0.05, 0) is 0 Å². The molecule has 0 amide bonds. The van der Waals surface area contributed by atoms with E-state index in [2.05, 4.69) is 0 Å². The summed E-state index contributed by atoms with van der Waals surface area (Å²) in [6.07, 6.45) is 0.540. The fraction of sp³-hybridized carbons (Fsp3) is 0.667. The van der Waals surface area contributed by atoms with Crippen molar-refractivity contribution in [3.8, 4) is 0 Å². The Morgan fingerprint density at radius 1 is 1.70 bits per heavy atom. The predicted octanol–water partition coefficient (Wildman–Crippen LogP) is 0.903. The molecule has 0 saturated carbocycles. The van der Waals surface area contributed by atoms with Gasteiger partial charge in [0.25, 0.3) is 0 Å². The second kappa shape index (κ2) is 3.01. The highest BCUT2D eigenvalue weighted by molar-refractivity contribution is 6.31. The lowest BCUT2D eigenvalue weighted by Gasteiger charge is -2.18. The summed E-state index contributed by atoms with van der Waals surface area (Å²) in [4.78, 5) is 20.4. The van der Waals surface area contributed by atoms with Gasteiger partial charge in [0.2, 0.25) is 0 Å². The quantitative estimate of drug-likeness (QED) is 0.498. The average Bonchev–Trinajstić information content (AvgIpc) is 1.86. The standard InChI is InChI=1S/C6H9ClO3/c1-6(2,3-8)4(7)5(9)10/h3-4H,1-2H3,(H,9,10). The summed E-state index contributed by atoms with van der Waals surface area (Å²) in [5.41, 5.74) is -0.993. The molecule has 0 rings (SSSR count). The van der Waals surface area contributed by atoms with Gasteiger partial charge in [0.1, 0.15) is 11.7 Å². The molecule has 0 aliphatic heterocycles. The van der Waals surface area contributed by atoms with Crippen molar-refractivity contribution in [2.45, 2.75) is 19.2 Å². The summed E-state index contributed by atoms with van der Waals surface area (Å²) in [6.45, 7) is 2.96. The summed E-state index contributed by atoms with van der Waals surface area (Å²) in [7, 11) is 0. The van der Waals surface area contributed by atoms with Crippen LogP contribution in [-0.4, -0.2) is 22.7 Å². The van der Waals surface area contributed by atoms with Gasteiger partial charge in [-0.25, -0.2) is 0 Å².